The first-order valence-corrected chi connectivity index (χ1v) is 11.0. The molecule has 1 N–H and O–H groups in total. The highest BCUT2D eigenvalue weighted by molar-refractivity contribution is 7.18. The maximum absolute atomic E-state index is 13.0. The molecular formula is C22H27ClN2O3S. The number of carbonyl (C=O) groups is 2. The predicted octanol–water partition coefficient (Wildman–Crippen LogP) is 3.38. The Hall–Kier alpha value is -1.73. The molecule has 156 valence electrons. The van der Waals surface area contributed by atoms with Gasteiger partial charge in [-0.25, -0.2) is 0 Å². The van der Waals surface area contributed by atoms with Crippen molar-refractivity contribution in [3.05, 3.63) is 56.2 Å². The summed E-state index contributed by atoms with van der Waals surface area (Å²) in [6.45, 7) is 2.49. The lowest BCUT2D eigenvalue weighted by Gasteiger charge is -2.17. The number of likely N-dealkylation sites (N-methyl/N-ethyl adjacent to an activating group) is 1. The number of hydrogen-bond donors (Lipinski definition) is 1. The number of benzene rings is 1. The maximum Gasteiger partial charge on any atom is 0.261 e. The zero-order chi connectivity index (χ0) is 20.8. The van der Waals surface area contributed by atoms with Gasteiger partial charge in [0.15, 0.2) is 5.78 Å². The molecule has 3 rings (SSSR count). The minimum Gasteiger partial charge on any atom is -0.385 e. The summed E-state index contributed by atoms with van der Waals surface area (Å²) < 4.78 is 5.68. The number of nitrogens with zero attached hydrogens (tertiary/aromatic N) is 1. The van der Waals surface area contributed by atoms with Crippen LogP contribution < -0.4 is 5.32 Å². The van der Waals surface area contributed by atoms with Gasteiger partial charge in [-0.3, -0.25) is 9.59 Å². The van der Waals surface area contributed by atoms with Crippen LogP contribution in [0.25, 0.3) is 0 Å². The standard InChI is InChI=1S/C22H27ClN2O3S/c1-25-10-7-16-4-3-15(13-17(16)8-11-25)14-19(26)18(9-12-28-2)24-22(27)20-5-6-21(23)29-20/h3-6,13,18H,7-12,14H2,1-2H3,(H,24,27). The highest BCUT2D eigenvalue weighted by Gasteiger charge is 2.23. The van der Waals surface area contributed by atoms with E-state index in [0.29, 0.717) is 28.7 Å². The SMILES string of the molecule is COCCC(NC(=O)c1ccc(Cl)s1)C(=O)Cc1ccc2c(c1)CCN(C)CC2. The molecule has 1 aliphatic heterocycles. The molecule has 0 radical (unpaired) electrons. The number of halogens is 1. The second-order valence-corrected chi connectivity index (χ2v) is 9.18. The topological polar surface area (TPSA) is 58.6 Å². The first-order chi connectivity index (χ1) is 14.0. The van der Waals surface area contributed by atoms with Crippen molar-refractivity contribution in [3.8, 4) is 0 Å². The van der Waals surface area contributed by atoms with E-state index in [1.165, 1.54) is 22.5 Å². The van der Waals surface area contributed by atoms with Crippen molar-refractivity contribution in [3.63, 3.8) is 0 Å². The Kier molecular flexibility index (Phi) is 7.84. The van der Waals surface area contributed by atoms with Crippen molar-refractivity contribution in [2.45, 2.75) is 31.7 Å². The van der Waals surface area contributed by atoms with Gasteiger partial charge in [0, 0.05) is 33.2 Å². The summed E-state index contributed by atoms with van der Waals surface area (Å²) in [4.78, 5) is 28.3. The van der Waals surface area contributed by atoms with E-state index >= 15 is 0 Å². The van der Waals surface area contributed by atoms with Gasteiger partial charge in [-0.15, -0.1) is 11.3 Å². The quantitative estimate of drug-likeness (QED) is 0.692. The largest absolute Gasteiger partial charge is 0.385 e. The second kappa shape index (κ2) is 10.3. The molecule has 5 nitrogen and oxygen atoms in total. The number of methoxy groups -OCH3 is 1. The molecule has 0 bridgehead atoms. The number of Topliss-reactive ketones (excluding diaryl/α,β-unsaturated/α-hetero) is 1. The van der Waals surface area contributed by atoms with Gasteiger partial charge < -0.3 is 15.0 Å². The molecule has 1 aliphatic rings. The summed E-state index contributed by atoms with van der Waals surface area (Å²) in [5, 5.41) is 2.86. The molecule has 7 heteroatoms. The van der Waals surface area contributed by atoms with Gasteiger partial charge in [0.05, 0.1) is 15.3 Å². The fourth-order valence-electron chi connectivity index (χ4n) is 3.54. The smallest absolute Gasteiger partial charge is 0.261 e. The van der Waals surface area contributed by atoms with Gasteiger partial charge in [-0.05, 0) is 55.1 Å². The van der Waals surface area contributed by atoms with Crippen LogP contribution in [0.3, 0.4) is 0 Å². The molecule has 0 fully saturated rings. The fraction of sp³-hybridized carbons (Fsp3) is 0.455. The molecule has 1 aromatic carbocycles. The first-order valence-electron chi connectivity index (χ1n) is 9.83. The highest BCUT2D eigenvalue weighted by Crippen LogP contribution is 2.22. The molecular weight excluding hydrogens is 408 g/mol. The summed E-state index contributed by atoms with van der Waals surface area (Å²) in [7, 11) is 3.73. The molecule has 0 saturated carbocycles. The van der Waals surface area contributed by atoms with Crippen molar-refractivity contribution in [2.24, 2.45) is 0 Å². The molecule has 2 aromatic rings. The summed E-state index contributed by atoms with van der Waals surface area (Å²) in [5.41, 5.74) is 3.68. The van der Waals surface area contributed by atoms with Gasteiger partial charge >= 0.3 is 0 Å². The zero-order valence-electron chi connectivity index (χ0n) is 16.9. The fourth-order valence-corrected chi connectivity index (χ4v) is 4.49. The molecule has 0 saturated heterocycles. The monoisotopic (exact) mass is 434 g/mol. The van der Waals surface area contributed by atoms with Crippen LogP contribution in [0.5, 0.6) is 0 Å². The average Bonchev–Trinajstić information content (AvgIpc) is 3.06. The van der Waals surface area contributed by atoms with Crippen LogP contribution in [0.1, 0.15) is 32.8 Å². The number of thiophene rings is 1. The summed E-state index contributed by atoms with van der Waals surface area (Å²) >= 11 is 7.12. The van der Waals surface area contributed by atoms with Gasteiger partial charge in [-0.2, -0.15) is 0 Å². The number of nitrogens with one attached hydrogen (secondary N) is 1. The van der Waals surface area contributed by atoms with E-state index in [2.05, 4.69) is 29.4 Å². The lowest BCUT2D eigenvalue weighted by molar-refractivity contribution is -0.120. The van der Waals surface area contributed by atoms with Crippen LogP contribution in [0.15, 0.2) is 30.3 Å². The summed E-state index contributed by atoms with van der Waals surface area (Å²) in [5.74, 6) is -0.287. The molecule has 29 heavy (non-hydrogen) atoms. The Morgan fingerprint density at radius 3 is 2.66 bits per heavy atom. The average molecular weight is 435 g/mol. The number of fused-ring (bicyclic) bond motifs is 1. The third kappa shape index (κ3) is 6.12. The summed E-state index contributed by atoms with van der Waals surface area (Å²) in [6, 6.07) is 9.10. The molecule has 1 aromatic heterocycles. The Morgan fingerprint density at radius 2 is 1.97 bits per heavy atom. The van der Waals surface area contributed by atoms with Gasteiger partial charge in [0.1, 0.15) is 0 Å². The van der Waals surface area contributed by atoms with E-state index in [1.807, 2.05) is 6.07 Å². The lowest BCUT2D eigenvalue weighted by atomic mass is 9.95. The zero-order valence-corrected chi connectivity index (χ0v) is 18.4. The number of amides is 1. The van der Waals surface area contributed by atoms with Crippen molar-refractivity contribution in [1.82, 2.24) is 10.2 Å². The van der Waals surface area contributed by atoms with E-state index in [-0.39, 0.29) is 11.7 Å². The van der Waals surface area contributed by atoms with Crippen LogP contribution in [0.2, 0.25) is 4.34 Å². The third-order valence-corrected chi connectivity index (χ3v) is 6.51. The van der Waals surface area contributed by atoms with Crippen molar-refractivity contribution in [1.29, 1.82) is 0 Å². The van der Waals surface area contributed by atoms with Crippen LogP contribution >= 0.6 is 22.9 Å². The molecule has 0 aliphatic carbocycles. The van der Waals surface area contributed by atoms with Crippen LogP contribution in [0.4, 0.5) is 0 Å². The van der Waals surface area contributed by atoms with E-state index in [9.17, 15) is 9.59 Å². The lowest BCUT2D eigenvalue weighted by Crippen LogP contribution is -2.42. The molecule has 1 atom stereocenters. The summed E-state index contributed by atoms with van der Waals surface area (Å²) in [6.07, 6.45) is 2.77. The van der Waals surface area contributed by atoms with E-state index in [1.54, 1.807) is 19.2 Å². The maximum atomic E-state index is 13.0. The number of ether oxygens (including phenoxy) is 1. The van der Waals surface area contributed by atoms with Crippen LogP contribution in [0, 0.1) is 0 Å². The molecule has 0 spiro atoms. The number of carbonyl (C=O) groups excluding carboxylic acids is 2. The highest BCUT2D eigenvalue weighted by atomic mass is 35.5. The third-order valence-electron chi connectivity index (χ3n) is 5.28. The molecule has 2 heterocycles. The first kappa shape index (κ1) is 22.0. The predicted molar refractivity (Wildman–Crippen MR) is 117 cm³/mol. The van der Waals surface area contributed by atoms with Crippen molar-refractivity contribution < 1.29 is 14.3 Å². The Labute approximate surface area is 181 Å². The van der Waals surface area contributed by atoms with E-state index in [0.717, 1.165) is 31.5 Å². The van der Waals surface area contributed by atoms with E-state index < -0.39 is 6.04 Å². The van der Waals surface area contributed by atoms with Gasteiger partial charge in [-0.1, -0.05) is 29.8 Å². The number of rotatable bonds is 8. The van der Waals surface area contributed by atoms with Crippen LogP contribution in [-0.4, -0.2) is 56.5 Å². The van der Waals surface area contributed by atoms with Crippen molar-refractivity contribution in [2.75, 3.05) is 33.9 Å². The Bertz CT molecular complexity index is 867. The van der Waals surface area contributed by atoms with E-state index in [4.69, 9.17) is 16.3 Å². The molecule has 1 unspecified atom stereocenters. The number of ketones is 1. The van der Waals surface area contributed by atoms with Gasteiger partial charge in [0.25, 0.3) is 5.91 Å². The number of hydrogen-bond acceptors (Lipinski definition) is 5. The molecule has 1 amide bonds. The Balaban J connectivity index is 1.69. The van der Waals surface area contributed by atoms with Gasteiger partial charge in [0.2, 0.25) is 0 Å². The van der Waals surface area contributed by atoms with Crippen molar-refractivity contribution >= 4 is 34.6 Å². The minimum atomic E-state index is -0.590. The minimum absolute atomic E-state index is 0.0104. The normalized spacial score (nSPS) is 15.4. The second-order valence-electron chi connectivity index (χ2n) is 7.46. The Morgan fingerprint density at radius 1 is 1.21 bits per heavy atom. The van der Waals surface area contributed by atoms with Crippen LogP contribution in [-0.2, 0) is 28.8 Å².